The monoisotopic (exact) mass is 338 g/mol. The molecule has 20 heavy (non-hydrogen) atoms. The Morgan fingerprint density at radius 3 is 2.80 bits per heavy atom. The Morgan fingerprint density at radius 1 is 1.50 bits per heavy atom. The molecule has 1 aromatic carbocycles. The summed E-state index contributed by atoms with van der Waals surface area (Å²) in [6.45, 7) is 1.99. The number of carboxylic acid groups (broad SMARTS) is 1. The number of carbonyl (C=O) groups is 1. The van der Waals surface area contributed by atoms with Crippen molar-refractivity contribution in [1.82, 2.24) is 9.78 Å². The number of rotatable bonds is 4. The van der Waals surface area contributed by atoms with Crippen LogP contribution in [0, 0.1) is 6.92 Å². The molecule has 6 heteroatoms. The molecule has 106 valence electrons. The maximum Gasteiger partial charge on any atom is 0.309 e. The van der Waals surface area contributed by atoms with Crippen LogP contribution >= 0.6 is 15.9 Å². The molecule has 1 aromatic heterocycles. The van der Waals surface area contributed by atoms with Crippen molar-refractivity contribution in [2.45, 2.75) is 13.3 Å². The van der Waals surface area contributed by atoms with Crippen molar-refractivity contribution in [3.8, 4) is 17.0 Å². The van der Waals surface area contributed by atoms with Crippen molar-refractivity contribution in [2.75, 3.05) is 7.11 Å². The average Bonchev–Trinajstić information content (AvgIpc) is 2.63. The van der Waals surface area contributed by atoms with E-state index < -0.39 is 5.97 Å². The standard InChI is InChI=1S/C14H15BrN2O3/c1-8-4-5-11(20-3)9(6-8)14-13(15)10(7-12(18)19)16-17(14)2/h4-6H,7H2,1-3H3,(H,18,19). The lowest BCUT2D eigenvalue weighted by Crippen LogP contribution is -2.02. The van der Waals surface area contributed by atoms with Gasteiger partial charge in [0, 0.05) is 12.6 Å². The normalized spacial score (nSPS) is 10.6. The second kappa shape index (κ2) is 5.66. The van der Waals surface area contributed by atoms with Crippen LogP contribution in [0.3, 0.4) is 0 Å². The Morgan fingerprint density at radius 2 is 2.20 bits per heavy atom. The second-order valence-corrected chi connectivity index (χ2v) is 5.30. The first kappa shape index (κ1) is 14.6. The average molecular weight is 339 g/mol. The van der Waals surface area contributed by atoms with E-state index in [9.17, 15) is 4.79 Å². The van der Waals surface area contributed by atoms with E-state index in [2.05, 4.69) is 21.0 Å². The Bertz CT molecular complexity index is 665. The number of aliphatic carboxylic acids is 1. The lowest BCUT2D eigenvalue weighted by atomic mass is 10.1. The summed E-state index contributed by atoms with van der Waals surface area (Å²) < 4.78 is 7.73. The third kappa shape index (κ3) is 2.70. The molecule has 0 saturated heterocycles. The van der Waals surface area contributed by atoms with Crippen LogP contribution in [0.15, 0.2) is 22.7 Å². The highest BCUT2D eigenvalue weighted by molar-refractivity contribution is 9.10. The van der Waals surface area contributed by atoms with E-state index in [1.807, 2.05) is 25.1 Å². The molecule has 0 aliphatic heterocycles. The summed E-state index contributed by atoms with van der Waals surface area (Å²) >= 11 is 3.45. The molecule has 1 N–H and O–H groups in total. The van der Waals surface area contributed by atoms with E-state index in [1.165, 1.54) is 0 Å². The molecule has 0 aliphatic carbocycles. The molecule has 2 rings (SSSR count). The third-order valence-electron chi connectivity index (χ3n) is 2.98. The molecule has 0 atom stereocenters. The molecule has 0 radical (unpaired) electrons. The molecule has 5 nitrogen and oxygen atoms in total. The minimum absolute atomic E-state index is 0.122. The third-order valence-corrected chi connectivity index (χ3v) is 3.82. The highest BCUT2D eigenvalue weighted by Crippen LogP contribution is 2.37. The largest absolute Gasteiger partial charge is 0.496 e. The van der Waals surface area contributed by atoms with Gasteiger partial charge in [0.25, 0.3) is 0 Å². The summed E-state index contributed by atoms with van der Waals surface area (Å²) in [6, 6.07) is 5.84. The van der Waals surface area contributed by atoms with Crippen LogP contribution in [0.25, 0.3) is 11.3 Å². The molecule has 0 aliphatic rings. The van der Waals surface area contributed by atoms with Gasteiger partial charge in [0.2, 0.25) is 0 Å². The Balaban J connectivity index is 2.61. The van der Waals surface area contributed by atoms with E-state index in [1.54, 1.807) is 18.8 Å². The van der Waals surface area contributed by atoms with Gasteiger partial charge in [0.05, 0.1) is 29.4 Å². The van der Waals surface area contributed by atoms with Crippen LogP contribution in [0.5, 0.6) is 5.75 Å². The minimum atomic E-state index is -0.911. The minimum Gasteiger partial charge on any atom is -0.496 e. The smallest absolute Gasteiger partial charge is 0.309 e. The fourth-order valence-electron chi connectivity index (χ4n) is 2.11. The molecule has 0 amide bonds. The van der Waals surface area contributed by atoms with Crippen LogP contribution in [-0.4, -0.2) is 28.0 Å². The highest BCUT2D eigenvalue weighted by atomic mass is 79.9. The summed E-state index contributed by atoms with van der Waals surface area (Å²) in [5.74, 6) is -0.187. The van der Waals surface area contributed by atoms with Gasteiger partial charge in [-0.1, -0.05) is 11.6 Å². The molecule has 1 heterocycles. The van der Waals surface area contributed by atoms with E-state index >= 15 is 0 Å². The molecule has 0 bridgehead atoms. The lowest BCUT2D eigenvalue weighted by Gasteiger charge is -2.10. The van der Waals surface area contributed by atoms with Gasteiger partial charge in [-0.25, -0.2) is 0 Å². The fraction of sp³-hybridized carbons (Fsp3) is 0.286. The van der Waals surface area contributed by atoms with E-state index in [4.69, 9.17) is 9.84 Å². The fourth-order valence-corrected chi connectivity index (χ4v) is 2.80. The Hall–Kier alpha value is -1.82. The molecular formula is C14H15BrN2O3. The predicted molar refractivity (Wildman–Crippen MR) is 79.0 cm³/mol. The van der Waals surface area contributed by atoms with E-state index in [0.717, 1.165) is 22.6 Å². The number of halogens is 1. The number of benzene rings is 1. The first-order valence-corrected chi connectivity index (χ1v) is 6.81. The Labute approximate surface area is 125 Å². The maximum atomic E-state index is 10.9. The maximum absolute atomic E-state index is 10.9. The van der Waals surface area contributed by atoms with Gasteiger partial charge in [-0.2, -0.15) is 5.10 Å². The van der Waals surface area contributed by atoms with Crippen molar-refractivity contribution in [3.63, 3.8) is 0 Å². The molecule has 0 spiro atoms. The number of hydrogen-bond acceptors (Lipinski definition) is 3. The number of aromatic nitrogens is 2. The molecule has 0 fully saturated rings. The van der Waals surface area contributed by atoms with Gasteiger partial charge in [-0.05, 0) is 35.0 Å². The summed E-state index contributed by atoms with van der Waals surface area (Å²) in [7, 11) is 3.39. The summed E-state index contributed by atoms with van der Waals surface area (Å²) in [5.41, 5.74) is 3.28. The molecule has 2 aromatic rings. The van der Waals surface area contributed by atoms with Crippen molar-refractivity contribution >= 4 is 21.9 Å². The number of carboxylic acids is 1. The van der Waals surface area contributed by atoms with Gasteiger partial charge in [-0.3, -0.25) is 9.48 Å². The summed E-state index contributed by atoms with van der Waals surface area (Å²) in [5, 5.41) is 13.2. The number of ether oxygens (including phenoxy) is 1. The topological polar surface area (TPSA) is 64.3 Å². The highest BCUT2D eigenvalue weighted by Gasteiger charge is 2.20. The number of methoxy groups -OCH3 is 1. The summed E-state index contributed by atoms with van der Waals surface area (Å²) in [6.07, 6.45) is -0.122. The zero-order valence-electron chi connectivity index (χ0n) is 11.5. The van der Waals surface area contributed by atoms with E-state index in [0.29, 0.717) is 10.2 Å². The van der Waals surface area contributed by atoms with Crippen molar-refractivity contribution in [3.05, 3.63) is 33.9 Å². The molecule has 0 saturated carbocycles. The van der Waals surface area contributed by atoms with Gasteiger partial charge >= 0.3 is 5.97 Å². The lowest BCUT2D eigenvalue weighted by molar-refractivity contribution is -0.136. The van der Waals surface area contributed by atoms with Crippen LogP contribution < -0.4 is 4.74 Å². The van der Waals surface area contributed by atoms with E-state index in [-0.39, 0.29) is 6.42 Å². The SMILES string of the molecule is COc1ccc(C)cc1-c1c(Br)c(CC(=O)O)nn1C. The second-order valence-electron chi connectivity index (χ2n) is 4.51. The van der Waals surface area contributed by atoms with Crippen LogP contribution in [0.1, 0.15) is 11.3 Å². The molecule has 0 unspecified atom stereocenters. The number of nitrogens with zero attached hydrogens (tertiary/aromatic N) is 2. The zero-order valence-corrected chi connectivity index (χ0v) is 13.1. The molecular weight excluding hydrogens is 324 g/mol. The van der Waals surface area contributed by atoms with Crippen molar-refractivity contribution in [2.24, 2.45) is 7.05 Å². The first-order valence-electron chi connectivity index (χ1n) is 6.02. The summed E-state index contributed by atoms with van der Waals surface area (Å²) in [4.78, 5) is 10.9. The predicted octanol–water partition coefficient (Wildman–Crippen LogP) is 2.79. The number of hydrogen-bond donors (Lipinski definition) is 1. The Kier molecular flexibility index (Phi) is 4.13. The quantitative estimate of drug-likeness (QED) is 0.930. The zero-order chi connectivity index (χ0) is 14.9. The first-order chi connectivity index (χ1) is 9.43. The van der Waals surface area contributed by atoms with Crippen LogP contribution in [-0.2, 0) is 18.3 Å². The van der Waals surface area contributed by atoms with Gasteiger partial charge in [0.1, 0.15) is 5.75 Å². The number of aryl methyl sites for hydroxylation is 2. The van der Waals surface area contributed by atoms with Gasteiger partial charge in [-0.15, -0.1) is 0 Å². The van der Waals surface area contributed by atoms with Crippen molar-refractivity contribution < 1.29 is 14.6 Å². The van der Waals surface area contributed by atoms with Crippen molar-refractivity contribution in [1.29, 1.82) is 0 Å². The van der Waals surface area contributed by atoms with Gasteiger partial charge < -0.3 is 9.84 Å². The van der Waals surface area contributed by atoms with Crippen LogP contribution in [0.2, 0.25) is 0 Å². The van der Waals surface area contributed by atoms with Gasteiger partial charge in [0.15, 0.2) is 0 Å². The van der Waals surface area contributed by atoms with Crippen LogP contribution in [0.4, 0.5) is 0 Å².